The van der Waals surface area contributed by atoms with Crippen molar-refractivity contribution in [3.63, 3.8) is 0 Å². The summed E-state index contributed by atoms with van der Waals surface area (Å²) in [6, 6.07) is 10.0. The quantitative estimate of drug-likeness (QED) is 0.805. The lowest BCUT2D eigenvalue weighted by Crippen LogP contribution is -1.91. The van der Waals surface area contributed by atoms with Gasteiger partial charge in [-0.15, -0.1) is 11.3 Å². The molecule has 0 amide bonds. The van der Waals surface area contributed by atoms with Crippen LogP contribution in [0.25, 0.3) is 10.4 Å². The van der Waals surface area contributed by atoms with Gasteiger partial charge in [-0.2, -0.15) is 0 Å². The average molecular weight is 234 g/mol. The number of methoxy groups -OCH3 is 2. The molecule has 0 atom stereocenters. The molecule has 0 aliphatic carbocycles. The van der Waals surface area contributed by atoms with Gasteiger partial charge in [-0.1, -0.05) is 6.07 Å². The van der Waals surface area contributed by atoms with Gasteiger partial charge in [0.1, 0.15) is 11.5 Å². The van der Waals surface area contributed by atoms with Gasteiger partial charge in [0, 0.05) is 9.75 Å². The van der Waals surface area contributed by atoms with Crippen molar-refractivity contribution >= 4 is 11.3 Å². The van der Waals surface area contributed by atoms with Crippen LogP contribution in [-0.2, 0) is 0 Å². The first-order chi connectivity index (χ1) is 7.76. The van der Waals surface area contributed by atoms with E-state index in [4.69, 9.17) is 9.47 Å². The van der Waals surface area contributed by atoms with Crippen LogP contribution >= 0.6 is 11.3 Å². The molecule has 1 aromatic carbocycles. The molecule has 84 valence electrons. The van der Waals surface area contributed by atoms with Crippen molar-refractivity contribution in [2.45, 2.75) is 6.92 Å². The maximum Gasteiger partial charge on any atom is 0.131 e. The predicted octanol–water partition coefficient (Wildman–Crippen LogP) is 3.74. The van der Waals surface area contributed by atoms with Crippen molar-refractivity contribution < 1.29 is 9.47 Å². The van der Waals surface area contributed by atoms with Crippen molar-refractivity contribution in [1.29, 1.82) is 0 Å². The van der Waals surface area contributed by atoms with Crippen LogP contribution in [-0.4, -0.2) is 14.2 Å². The molecule has 1 aromatic heterocycles. The molecule has 0 N–H and O–H groups in total. The van der Waals surface area contributed by atoms with E-state index in [-0.39, 0.29) is 0 Å². The summed E-state index contributed by atoms with van der Waals surface area (Å²) in [5.74, 6) is 1.70. The zero-order valence-corrected chi connectivity index (χ0v) is 10.4. The number of hydrogen-bond donors (Lipinski definition) is 0. The Balaban J connectivity index is 2.60. The highest BCUT2D eigenvalue weighted by Crippen LogP contribution is 2.41. The topological polar surface area (TPSA) is 18.5 Å². The van der Waals surface area contributed by atoms with E-state index in [0.29, 0.717) is 0 Å². The van der Waals surface area contributed by atoms with Crippen molar-refractivity contribution in [2.75, 3.05) is 14.2 Å². The van der Waals surface area contributed by atoms with Gasteiger partial charge in [0.05, 0.1) is 19.8 Å². The maximum absolute atomic E-state index is 5.38. The second-order valence-corrected chi connectivity index (χ2v) is 4.74. The molecule has 16 heavy (non-hydrogen) atoms. The Labute approximate surface area is 99.5 Å². The first-order valence-electron chi connectivity index (χ1n) is 5.04. The van der Waals surface area contributed by atoms with Crippen LogP contribution < -0.4 is 9.47 Å². The van der Waals surface area contributed by atoms with Crippen LogP contribution in [0.4, 0.5) is 0 Å². The van der Waals surface area contributed by atoms with E-state index in [2.05, 4.69) is 19.1 Å². The van der Waals surface area contributed by atoms with Crippen LogP contribution in [0, 0.1) is 6.92 Å². The molecule has 0 spiro atoms. The van der Waals surface area contributed by atoms with Crippen molar-refractivity contribution in [2.24, 2.45) is 0 Å². The molecule has 0 aliphatic rings. The van der Waals surface area contributed by atoms with Crippen molar-refractivity contribution in [3.05, 3.63) is 35.2 Å². The van der Waals surface area contributed by atoms with Gasteiger partial charge in [0.25, 0.3) is 0 Å². The van der Waals surface area contributed by atoms with E-state index < -0.39 is 0 Å². The molecule has 0 aliphatic heterocycles. The van der Waals surface area contributed by atoms with Gasteiger partial charge in [-0.25, -0.2) is 0 Å². The normalized spacial score (nSPS) is 10.2. The summed E-state index contributed by atoms with van der Waals surface area (Å²) in [7, 11) is 3.36. The Bertz CT molecular complexity index is 466. The van der Waals surface area contributed by atoms with E-state index >= 15 is 0 Å². The van der Waals surface area contributed by atoms with Crippen molar-refractivity contribution in [3.8, 4) is 21.9 Å². The lowest BCUT2D eigenvalue weighted by atomic mass is 10.1. The highest BCUT2D eigenvalue weighted by Gasteiger charge is 2.13. The number of benzene rings is 1. The molecular weight excluding hydrogens is 220 g/mol. The predicted molar refractivity (Wildman–Crippen MR) is 67.6 cm³/mol. The summed E-state index contributed by atoms with van der Waals surface area (Å²) in [6.07, 6.45) is 0. The van der Waals surface area contributed by atoms with E-state index in [9.17, 15) is 0 Å². The first-order valence-corrected chi connectivity index (χ1v) is 5.85. The van der Waals surface area contributed by atoms with Crippen LogP contribution in [0.15, 0.2) is 30.3 Å². The molecular formula is C13H14O2S. The molecule has 0 unspecified atom stereocenters. The fourth-order valence-electron chi connectivity index (χ4n) is 1.66. The smallest absolute Gasteiger partial charge is 0.131 e. The summed E-state index contributed by atoms with van der Waals surface area (Å²) < 4.78 is 10.8. The minimum Gasteiger partial charge on any atom is -0.496 e. The Morgan fingerprint density at radius 3 is 2.00 bits per heavy atom. The molecule has 0 fully saturated rings. The minimum atomic E-state index is 0.848. The molecule has 0 saturated heterocycles. The van der Waals surface area contributed by atoms with Crippen LogP contribution in [0.2, 0.25) is 0 Å². The monoisotopic (exact) mass is 234 g/mol. The molecule has 0 saturated carbocycles. The standard InChI is InChI=1S/C13H14O2S/c1-9-7-8-12(16-9)13-10(14-2)5-4-6-11(13)15-3/h4-8H,1-3H3. The Morgan fingerprint density at radius 2 is 1.56 bits per heavy atom. The number of ether oxygens (including phenoxy) is 2. The molecule has 2 aromatic rings. The highest BCUT2D eigenvalue weighted by molar-refractivity contribution is 7.15. The molecule has 0 radical (unpaired) electrons. The van der Waals surface area contributed by atoms with Gasteiger partial charge in [-0.05, 0) is 31.2 Å². The van der Waals surface area contributed by atoms with E-state index in [1.54, 1.807) is 25.6 Å². The number of hydrogen-bond acceptors (Lipinski definition) is 3. The Hall–Kier alpha value is -1.48. The molecule has 3 heteroatoms. The zero-order valence-electron chi connectivity index (χ0n) is 9.61. The SMILES string of the molecule is COc1cccc(OC)c1-c1ccc(C)s1. The number of thiophene rings is 1. The van der Waals surface area contributed by atoms with Gasteiger partial charge in [0.2, 0.25) is 0 Å². The Kier molecular flexibility index (Phi) is 3.15. The van der Waals surface area contributed by atoms with Crippen LogP contribution in [0.1, 0.15) is 4.88 Å². The summed E-state index contributed by atoms with van der Waals surface area (Å²) in [6.45, 7) is 2.09. The van der Waals surface area contributed by atoms with Gasteiger partial charge in [-0.3, -0.25) is 0 Å². The van der Waals surface area contributed by atoms with Crippen LogP contribution in [0.3, 0.4) is 0 Å². The second kappa shape index (κ2) is 4.58. The van der Waals surface area contributed by atoms with Crippen LogP contribution in [0.5, 0.6) is 11.5 Å². The summed E-state index contributed by atoms with van der Waals surface area (Å²) >= 11 is 1.74. The van der Waals surface area contributed by atoms with E-state index in [0.717, 1.165) is 17.1 Å². The third-order valence-electron chi connectivity index (χ3n) is 2.41. The van der Waals surface area contributed by atoms with Crippen molar-refractivity contribution in [1.82, 2.24) is 0 Å². The van der Waals surface area contributed by atoms with Gasteiger partial charge in [0.15, 0.2) is 0 Å². The molecule has 1 heterocycles. The lowest BCUT2D eigenvalue weighted by molar-refractivity contribution is 0.397. The van der Waals surface area contributed by atoms with E-state index in [1.807, 2.05) is 18.2 Å². The summed E-state index contributed by atoms with van der Waals surface area (Å²) in [4.78, 5) is 2.45. The highest BCUT2D eigenvalue weighted by atomic mass is 32.1. The molecule has 2 nitrogen and oxygen atoms in total. The third-order valence-corrected chi connectivity index (χ3v) is 3.43. The fraction of sp³-hybridized carbons (Fsp3) is 0.231. The lowest BCUT2D eigenvalue weighted by Gasteiger charge is -2.11. The third kappa shape index (κ3) is 1.91. The number of aryl methyl sites for hydroxylation is 1. The summed E-state index contributed by atoms with van der Waals surface area (Å²) in [5.41, 5.74) is 1.03. The molecule has 0 bridgehead atoms. The Morgan fingerprint density at radius 1 is 0.938 bits per heavy atom. The number of rotatable bonds is 3. The second-order valence-electron chi connectivity index (χ2n) is 3.45. The van der Waals surface area contributed by atoms with E-state index in [1.165, 1.54) is 9.75 Å². The zero-order chi connectivity index (χ0) is 11.5. The first kappa shape index (κ1) is 11.0. The maximum atomic E-state index is 5.38. The van der Waals surface area contributed by atoms with Gasteiger partial charge < -0.3 is 9.47 Å². The average Bonchev–Trinajstić information content (AvgIpc) is 2.74. The van der Waals surface area contributed by atoms with Gasteiger partial charge >= 0.3 is 0 Å². The molecule has 2 rings (SSSR count). The largest absolute Gasteiger partial charge is 0.496 e. The summed E-state index contributed by atoms with van der Waals surface area (Å²) in [5, 5.41) is 0. The fourth-order valence-corrected chi connectivity index (χ4v) is 2.59. The minimum absolute atomic E-state index is 0.848.